The van der Waals surface area contributed by atoms with Gasteiger partial charge in [0.05, 0.1) is 32.9 Å². The summed E-state index contributed by atoms with van der Waals surface area (Å²) in [5.74, 6) is 1.19. The average molecular weight is 339 g/mol. The van der Waals surface area contributed by atoms with Crippen LogP contribution in [0.1, 0.15) is 16.8 Å². The van der Waals surface area contributed by atoms with Gasteiger partial charge in [-0.1, -0.05) is 6.07 Å². The van der Waals surface area contributed by atoms with Crippen LogP contribution in [0, 0.1) is 22.7 Å². The summed E-state index contributed by atoms with van der Waals surface area (Å²) >= 11 is 0. The van der Waals surface area contributed by atoms with Crippen molar-refractivity contribution in [2.75, 3.05) is 26.6 Å². The van der Waals surface area contributed by atoms with E-state index in [0.717, 1.165) is 0 Å². The zero-order valence-corrected chi connectivity index (χ0v) is 13.9. The van der Waals surface area contributed by atoms with Gasteiger partial charge in [0.25, 0.3) is 0 Å². The number of benzene rings is 1. The predicted molar refractivity (Wildman–Crippen MR) is 91.5 cm³/mol. The summed E-state index contributed by atoms with van der Waals surface area (Å²) in [5, 5.41) is 32.0. The number of nitrogens with zero attached hydrogens (tertiary/aromatic N) is 4. The van der Waals surface area contributed by atoms with Crippen molar-refractivity contribution in [3.8, 4) is 23.6 Å². The molecule has 0 atom stereocenters. The van der Waals surface area contributed by atoms with Crippen LogP contribution in [0.4, 0.5) is 5.82 Å². The molecule has 2 rings (SSSR count). The minimum atomic E-state index is -0.183. The molecule has 0 aliphatic carbocycles. The Morgan fingerprint density at radius 2 is 2.04 bits per heavy atom. The largest absolute Gasteiger partial charge is 0.493 e. The Morgan fingerprint density at radius 1 is 1.32 bits per heavy atom. The van der Waals surface area contributed by atoms with Crippen LogP contribution in [-0.4, -0.2) is 35.7 Å². The summed E-state index contributed by atoms with van der Waals surface area (Å²) in [5.41, 5.74) is 6.98. The number of hydrogen-bond donors (Lipinski definition) is 2. The second kappa shape index (κ2) is 7.86. The van der Waals surface area contributed by atoms with Crippen LogP contribution in [-0.2, 0) is 6.54 Å². The van der Waals surface area contributed by atoms with E-state index in [-0.39, 0.29) is 35.8 Å². The molecule has 8 nitrogen and oxygen atoms in total. The van der Waals surface area contributed by atoms with Gasteiger partial charge in [-0.05, 0) is 23.8 Å². The number of hydrogen-bond acceptors (Lipinski definition) is 7. The normalized spacial score (nSPS) is 10.8. The first kappa shape index (κ1) is 17.9. The molecule has 1 heterocycles. The third-order valence-electron chi connectivity index (χ3n) is 3.51. The molecule has 0 aliphatic heterocycles. The van der Waals surface area contributed by atoms with Crippen LogP contribution >= 0.6 is 0 Å². The van der Waals surface area contributed by atoms with Crippen LogP contribution in [0.15, 0.2) is 18.2 Å². The van der Waals surface area contributed by atoms with E-state index in [1.807, 2.05) is 12.1 Å². The van der Waals surface area contributed by atoms with Crippen molar-refractivity contribution in [3.63, 3.8) is 0 Å². The van der Waals surface area contributed by atoms with E-state index < -0.39 is 0 Å². The van der Waals surface area contributed by atoms with Crippen LogP contribution in [0.3, 0.4) is 0 Å². The van der Waals surface area contributed by atoms with Crippen molar-refractivity contribution in [1.82, 2.24) is 9.78 Å². The van der Waals surface area contributed by atoms with E-state index in [2.05, 4.69) is 5.10 Å². The first-order chi connectivity index (χ1) is 12.1. The third kappa shape index (κ3) is 3.55. The zero-order chi connectivity index (χ0) is 18.4. The van der Waals surface area contributed by atoms with E-state index >= 15 is 0 Å². The lowest BCUT2D eigenvalue weighted by Gasteiger charge is -2.07. The number of anilines is 1. The van der Waals surface area contributed by atoms with E-state index in [1.54, 1.807) is 24.3 Å². The molecule has 0 fully saturated rings. The molecular weight excluding hydrogens is 322 g/mol. The molecule has 25 heavy (non-hydrogen) atoms. The van der Waals surface area contributed by atoms with E-state index in [4.69, 9.17) is 20.3 Å². The highest BCUT2D eigenvalue weighted by molar-refractivity contribution is 5.91. The van der Waals surface area contributed by atoms with Crippen LogP contribution in [0.25, 0.3) is 11.6 Å². The highest BCUT2D eigenvalue weighted by atomic mass is 16.5. The third-order valence-corrected chi connectivity index (χ3v) is 3.51. The Bertz CT molecular complexity index is 887. The number of methoxy groups -OCH3 is 2. The Kier molecular flexibility index (Phi) is 5.62. The lowest BCUT2D eigenvalue weighted by Crippen LogP contribution is -2.07. The molecule has 0 amide bonds. The summed E-state index contributed by atoms with van der Waals surface area (Å²) in [6.45, 7) is -0.0486. The number of nitrogens with two attached hydrogens (primary N) is 1. The lowest BCUT2D eigenvalue weighted by molar-refractivity contribution is 0.270. The van der Waals surface area contributed by atoms with Gasteiger partial charge in [-0.25, -0.2) is 4.68 Å². The van der Waals surface area contributed by atoms with Gasteiger partial charge in [-0.2, -0.15) is 15.6 Å². The number of aromatic nitrogens is 2. The second-order valence-electron chi connectivity index (χ2n) is 4.95. The molecule has 1 aromatic carbocycles. The van der Waals surface area contributed by atoms with Crippen LogP contribution in [0.5, 0.6) is 11.5 Å². The highest BCUT2D eigenvalue weighted by Gasteiger charge is 2.19. The molecule has 8 heteroatoms. The van der Waals surface area contributed by atoms with Gasteiger partial charge >= 0.3 is 0 Å². The molecule has 0 saturated heterocycles. The Balaban J connectivity index is 2.54. The molecular formula is C17H17N5O3. The molecule has 0 aliphatic rings. The lowest BCUT2D eigenvalue weighted by atomic mass is 10.1. The predicted octanol–water partition coefficient (Wildman–Crippen LogP) is 1.41. The number of aliphatic hydroxyl groups is 1. The van der Waals surface area contributed by atoms with Crippen molar-refractivity contribution in [2.45, 2.75) is 6.54 Å². The summed E-state index contributed by atoms with van der Waals surface area (Å²) in [7, 11) is 3.05. The Morgan fingerprint density at radius 3 is 2.60 bits per heavy atom. The van der Waals surface area contributed by atoms with Crippen molar-refractivity contribution in [1.29, 1.82) is 10.5 Å². The molecule has 0 bridgehead atoms. The minimum Gasteiger partial charge on any atom is -0.493 e. The smallest absolute Gasteiger partial charge is 0.161 e. The summed E-state index contributed by atoms with van der Waals surface area (Å²) < 4.78 is 11.7. The van der Waals surface area contributed by atoms with Crippen molar-refractivity contribution < 1.29 is 14.6 Å². The number of allylic oxidation sites excluding steroid dienone is 1. The molecule has 0 unspecified atom stereocenters. The molecule has 2 aromatic rings. The Labute approximate surface area is 144 Å². The van der Waals surface area contributed by atoms with Crippen molar-refractivity contribution in [2.24, 2.45) is 0 Å². The summed E-state index contributed by atoms with van der Waals surface area (Å²) in [6.07, 6.45) is 1.58. The van der Waals surface area contributed by atoms with Gasteiger partial charge in [0.2, 0.25) is 0 Å². The van der Waals surface area contributed by atoms with Crippen LogP contribution in [0.2, 0.25) is 0 Å². The molecule has 0 saturated carbocycles. The maximum absolute atomic E-state index is 9.49. The van der Waals surface area contributed by atoms with E-state index in [9.17, 15) is 10.5 Å². The minimum absolute atomic E-state index is 0.0988. The fourth-order valence-electron chi connectivity index (χ4n) is 2.30. The number of nitriles is 2. The maximum atomic E-state index is 9.49. The standard InChI is InChI=1S/C17H17N5O3/c1-24-14-4-3-11(8-15(14)25-2)7-12(9-18)16-13(10-19)17(20)22(21-16)5-6-23/h3-4,7-8,23H,5-6,20H2,1-2H3/b12-7+. The second-order valence-corrected chi connectivity index (χ2v) is 4.95. The summed E-state index contributed by atoms with van der Waals surface area (Å²) in [6, 6.07) is 9.16. The fraction of sp³-hybridized carbons (Fsp3) is 0.235. The summed E-state index contributed by atoms with van der Waals surface area (Å²) in [4.78, 5) is 0. The Hall–Kier alpha value is -3.49. The number of aliphatic hydroxyl groups excluding tert-OH is 1. The molecule has 0 spiro atoms. The highest BCUT2D eigenvalue weighted by Crippen LogP contribution is 2.30. The van der Waals surface area contributed by atoms with Gasteiger partial charge < -0.3 is 20.3 Å². The molecule has 3 N–H and O–H groups in total. The fourth-order valence-corrected chi connectivity index (χ4v) is 2.30. The van der Waals surface area contributed by atoms with Gasteiger partial charge in [-0.3, -0.25) is 0 Å². The monoisotopic (exact) mass is 339 g/mol. The molecule has 128 valence electrons. The first-order valence-corrected chi connectivity index (χ1v) is 7.31. The number of rotatable bonds is 6. The van der Waals surface area contributed by atoms with Gasteiger partial charge in [0.15, 0.2) is 11.5 Å². The zero-order valence-electron chi connectivity index (χ0n) is 13.9. The van der Waals surface area contributed by atoms with Crippen LogP contribution < -0.4 is 15.2 Å². The molecule has 0 radical (unpaired) electrons. The van der Waals surface area contributed by atoms with Crippen molar-refractivity contribution in [3.05, 3.63) is 35.0 Å². The number of ether oxygens (including phenoxy) is 2. The van der Waals surface area contributed by atoms with Crippen molar-refractivity contribution >= 4 is 17.5 Å². The van der Waals surface area contributed by atoms with E-state index in [1.165, 1.54) is 18.9 Å². The first-order valence-electron chi connectivity index (χ1n) is 7.31. The van der Waals surface area contributed by atoms with Gasteiger partial charge in [0.1, 0.15) is 29.2 Å². The SMILES string of the molecule is COc1ccc(/C=C(\C#N)c2nn(CCO)c(N)c2C#N)cc1OC. The van der Waals surface area contributed by atoms with Gasteiger partial charge in [0, 0.05) is 0 Å². The average Bonchev–Trinajstić information content (AvgIpc) is 2.95. The quantitative estimate of drug-likeness (QED) is 0.761. The molecule has 1 aromatic heterocycles. The van der Waals surface area contributed by atoms with Gasteiger partial charge in [-0.15, -0.1) is 0 Å². The topological polar surface area (TPSA) is 130 Å². The number of nitrogen functional groups attached to an aromatic ring is 1. The maximum Gasteiger partial charge on any atom is 0.161 e. The van der Waals surface area contributed by atoms with E-state index in [0.29, 0.717) is 17.1 Å².